The first-order valence-electron chi connectivity index (χ1n) is 8.59. The van der Waals surface area contributed by atoms with Gasteiger partial charge in [0.1, 0.15) is 11.6 Å². The van der Waals surface area contributed by atoms with Gasteiger partial charge in [0.15, 0.2) is 6.79 Å². The summed E-state index contributed by atoms with van der Waals surface area (Å²) in [5, 5.41) is 11.2. The van der Waals surface area contributed by atoms with Crippen LogP contribution in [0, 0.1) is 15.9 Å². The number of amides is 1. The molecule has 2 aromatic carbocycles. The molecule has 1 amide bonds. The lowest BCUT2D eigenvalue weighted by Gasteiger charge is -2.24. The topological polar surface area (TPSA) is 81.9 Å². The normalized spacial score (nSPS) is 14.2. The maximum atomic E-state index is 13.1. The molecular formula is C20H19FN2O5. The number of hydrogen-bond donors (Lipinski definition) is 0. The molecule has 2 aromatic rings. The molecule has 0 aromatic heterocycles. The van der Waals surface area contributed by atoms with Gasteiger partial charge < -0.3 is 14.4 Å². The Bertz CT molecular complexity index is 927. The van der Waals surface area contributed by atoms with Crippen molar-refractivity contribution in [3.05, 3.63) is 75.1 Å². The summed E-state index contributed by atoms with van der Waals surface area (Å²) < 4.78 is 23.7. The first-order chi connectivity index (χ1) is 13.4. The van der Waals surface area contributed by atoms with Crippen molar-refractivity contribution in [1.82, 2.24) is 4.90 Å². The molecule has 1 aliphatic heterocycles. The molecule has 8 heteroatoms. The van der Waals surface area contributed by atoms with Gasteiger partial charge in [0.2, 0.25) is 5.91 Å². The van der Waals surface area contributed by atoms with E-state index in [2.05, 4.69) is 0 Å². The zero-order valence-corrected chi connectivity index (χ0v) is 15.4. The van der Waals surface area contributed by atoms with Crippen LogP contribution in [0.15, 0.2) is 42.5 Å². The lowest BCUT2D eigenvalue weighted by atomic mass is 10.1. The molecule has 0 radical (unpaired) electrons. The fourth-order valence-electron chi connectivity index (χ4n) is 2.90. The molecule has 146 valence electrons. The van der Waals surface area contributed by atoms with Gasteiger partial charge in [0.05, 0.1) is 17.6 Å². The van der Waals surface area contributed by atoms with E-state index in [1.165, 1.54) is 41.3 Å². The number of rotatable bonds is 5. The number of benzene rings is 2. The Labute approximate surface area is 161 Å². The Morgan fingerprint density at radius 2 is 2.04 bits per heavy atom. The van der Waals surface area contributed by atoms with Gasteiger partial charge in [0, 0.05) is 36.4 Å². The zero-order chi connectivity index (χ0) is 20.3. The quantitative estimate of drug-likeness (QED) is 0.443. The number of likely N-dealkylation sites (N-methyl/N-ethyl adjacent to an activating group) is 1. The fourth-order valence-corrected chi connectivity index (χ4v) is 2.90. The third-order valence-corrected chi connectivity index (χ3v) is 4.62. The van der Waals surface area contributed by atoms with E-state index in [1.54, 1.807) is 19.2 Å². The average Bonchev–Trinajstić information content (AvgIpc) is 2.70. The van der Waals surface area contributed by atoms with Crippen LogP contribution in [0.1, 0.15) is 29.7 Å². The molecule has 1 heterocycles. The summed E-state index contributed by atoms with van der Waals surface area (Å²) in [4.78, 5) is 24.7. The predicted molar refractivity (Wildman–Crippen MR) is 100.0 cm³/mol. The predicted octanol–water partition coefficient (Wildman–Crippen LogP) is 3.83. The molecule has 0 saturated heterocycles. The van der Waals surface area contributed by atoms with E-state index in [9.17, 15) is 19.3 Å². The third-order valence-electron chi connectivity index (χ3n) is 4.62. The highest BCUT2D eigenvalue weighted by molar-refractivity contribution is 5.92. The van der Waals surface area contributed by atoms with Crippen molar-refractivity contribution in [3.8, 4) is 5.75 Å². The Morgan fingerprint density at radius 1 is 1.32 bits per heavy atom. The van der Waals surface area contributed by atoms with Gasteiger partial charge >= 0.3 is 0 Å². The van der Waals surface area contributed by atoms with Crippen molar-refractivity contribution in [2.45, 2.75) is 19.6 Å². The van der Waals surface area contributed by atoms with Crippen LogP contribution in [0.25, 0.3) is 6.08 Å². The summed E-state index contributed by atoms with van der Waals surface area (Å²) >= 11 is 0. The summed E-state index contributed by atoms with van der Waals surface area (Å²) in [6.07, 6.45) is 2.82. The van der Waals surface area contributed by atoms with Gasteiger partial charge in [-0.05, 0) is 30.7 Å². The molecule has 0 aliphatic carbocycles. The van der Waals surface area contributed by atoms with E-state index < -0.39 is 4.92 Å². The minimum atomic E-state index is -0.503. The SMILES string of the molecule is CC(c1ccc(F)cc1)N(C)C(=O)/C=C/c1cc([N+](=O)[O-])cc2c1OCOC2. The van der Waals surface area contributed by atoms with Crippen molar-refractivity contribution in [2.75, 3.05) is 13.8 Å². The molecule has 3 rings (SSSR count). The monoisotopic (exact) mass is 386 g/mol. The molecule has 1 aliphatic rings. The summed E-state index contributed by atoms with van der Waals surface area (Å²) in [5.41, 5.74) is 1.68. The van der Waals surface area contributed by atoms with Gasteiger partial charge in [-0.1, -0.05) is 12.1 Å². The lowest BCUT2D eigenvalue weighted by Crippen LogP contribution is -2.28. The zero-order valence-electron chi connectivity index (χ0n) is 15.4. The first-order valence-corrected chi connectivity index (χ1v) is 8.59. The fraction of sp³-hybridized carbons (Fsp3) is 0.250. The number of carbonyl (C=O) groups is 1. The van der Waals surface area contributed by atoms with E-state index in [-0.39, 0.29) is 36.9 Å². The molecule has 1 unspecified atom stereocenters. The lowest BCUT2D eigenvalue weighted by molar-refractivity contribution is -0.385. The molecule has 28 heavy (non-hydrogen) atoms. The van der Waals surface area contributed by atoms with Crippen LogP contribution in [-0.4, -0.2) is 29.6 Å². The Hall–Kier alpha value is -3.26. The van der Waals surface area contributed by atoms with Gasteiger partial charge in [0.25, 0.3) is 5.69 Å². The third kappa shape index (κ3) is 4.17. The second kappa shape index (κ2) is 8.18. The molecule has 0 fully saturated rings. The second-order valence-electron chi connectivity index (χ2n) is 6.40. The van der Waals surface area contributed by atoms with Crippen LogP contribution in [-0.2, 0) is 16.1 Å². The van der Waals surface area contributed by atoms with Crippen molar-refractivity contribution in [3.63, 3.8) is 0 Å². The van der Waals surface area contributed by atoms with E-state index >= 15 is 0 Å². The van der Waals surface area contributed by atoms with Crippen molar-refractivity contribution >= 4 is 17.7 Å². The molecule has 1 atom stereocenters. The number of carbonyl (C=O) groups excluding carboxylic acids is 1. The summed E-state index contributed by atoms with van der Waals surface area (Å²) in [6, 6.07) is 8.41. The highest BCUT2D eigenvalue weighted by Crippen LogP contribution is 2.33. The molecule has 7 nitrogen and oxygen atoms in total. The van der Waals surface area contributed by atoms with Crippen LogP contribution in [0.3, 0.4) is 0 Å². The highest BCUT2D eigenvalue weighted by atomic mass is 19.1. The number of non-ortho nitro benzene ring substituents is 1. The van der Waals surface area contributed by atoms with Crippen molar-refractivity contribution < 1.29 is 23.6 Å². The summed E-state index contributed by atoms with van der Waals surface area (Å²) in [5.74, 6) is -0.177. The Balaban J connectivity index is 1.82. The minimum Gasteiger partial charge on any atom is -0.467 e. The molecular weight excluding hydrogens is 367 g/mol. The van der Waals surface area contributed by atoms with Crippen LogP contribution in [0.4, 0.5) is 10.1 Å². The number of nitro benzene ring substituents is 1. The van der Waals surface area contributed by atoms with Crippen molar-refractivity contribution in [2.24, 2.45) is 0 Å². The minimum absolute atomic E-state index is 0.0428. The number of hydrogen-bond acceptors (Lipinski definition) is 5. The standard InChI is InChI=1S/C20H19FN2O5/c1-13(14-3-6-17(21)7-4-14)22(2)19(24)8-5-15-9-18(23(25)26)10-16-11-27-12-28-20(15)16/h3-10,13H,11-12H2,1-2H3/b8-5+. The number of fused-ring (bicyclic) bond motifs is 1. The van der Waals surface area contributed by atoms with E-state index in [0.717, 1.165) is 5.56 Å². The summed E-state index contributed by atoms with van der Waals surface area (Å²) in [7, 11) is 1.63. The van der Waals surface area contributed by atoms with Gasteiger partial charge in [-0.25, -0.2) is 4.39 Å². The van der Waals surface area contributed by atoms with Gasteiger partial charge in [-0.2, -0.15) is 0 Å². The van der Waals surface area contributed by atoms with Crippen LogP contribution in [0.2, 0.25) is 0 Å². The Kier molecular flexibility index (Phi) is 5.70. The molecule has 0 bridgehead atoms. The number of ether oxygens (including phenoxy) is 2. The van der Waals surface area contributed by atoms with E-state index in [0.29, 0.717) is 16.9 Å². The number of nitrogens with zero attached hydrogens (tertiary/aromatic N) is 2. The molecule has 0 saturated carbocycles. The first kappa shape index (κ1) is 19.5. The van der Waals surface area contributed by atoms with E-state index in [1.807, 2.05) is 6.92 Å². The van der Waals surface area contributed by atoms with Crippen LogP contribution >= 0.6 is 0 Å². The van der Waals surface area contributed by atoms with Gasteiger partial charge in [-0.15, -0.1) is 0 Å². The van der Waals surface area contributed by atoms with Crippen molar-refractivity contribution in [1.29, 1.82) is 0 Å². The molecule has 0 spiro atoms. The summed E-state index contributed by atoms with van der Waals surface area (Å²) in [6.45, 7) is 2.07. The smallest absolute Gasteiger partial charge is 0.270 e. The van der Waals surface area contributed by atoms with E-state index in [4.69, 9.17) is 9.47 Å². The maximum absolute atomic E-state index is 13.1. The highest BCUT2D eigenvalue weighted by Gasteiger charge is 2.20. The number of nitro groups is 1. The van der Waals surface area contributed by atoms with Crippen LogP contribution in [0.5, 0.6) is 5.75 Å². The maximum Gasteiger partial charge on any atom is 0.270 e. The second-order valence-corrected chi connectivity index (χ2v) is 6.40. The average molecular weight is 386 g/mol. The largest absolute Gasteiger partial charge is 0.467 e. The number of halogens is 1. The van der Waals surface area contributed by atoms with Crippen LogP contribution < -0.4 is 4.74 Å². The molecule has 0 N–H and O–H groups in total. The van der Waals surface area contributed by atoms with Gasteiger partial charge in [-0.3, -0.25) is 14.9 Å². The Morgan fingerprint density at radius 3 is 2.71 bits per heavy atom.